The number of benzene rings is 2. The first kappa shape index (κ1) is 18.6. The summed E-state index contributed by atoms with van der Waals surface area (Å²) >= 11 is 0. The van der Waals surface area contributed by atoms with E-state index in [0.717, 1.165) is 22.6 Å². The third-order valence-corrected chi connectivity index (χ3v) is 4.29. The molecule has 27 heavy (non-hydrogen) atoms. The van der Waals surface area contributed by atoms with Crippen LogP contribution in [0.15, 0.2) is 59.6 Å². The smallest absolute Gasteiger partial charge is 0.338 e. The fourth-order valence-electron chi connectivity index (χ4n) is 2.95. The zero-order valence-corrected chi connectivity index (χ0v) is 15.6. The van der Waals surface area contributed by atoms with Crippen LogP contribution in [0.5, 0.6) is 0 Å². The highest BCUT2D eigenvalue weighted by Crippen LogP contribution is 2.21. The second-order valence-electron chi connectivity index (χ2n) is 6.16. The summed E-state index contributed by atoms with van der Waals surface area (Å²) < 4.78 is 20.1. The van der Waals surface area contributed by atoms with E-state index in [9.17, 15) is 9.18 Å². The molecular weight excluding hydrogens is 343 g/mol. The van der Waals surface area contributed by atoms with Gasteiger partial charge in [-0.15, -0.1) is 0 Å². The number of aryl methyl sites for hydroxylation is 1. The summed E-state index contributed by atoms with van der Waals surface area (Å²) in [5, 5.41) is 0. The van der Waals surface area contributed by atoms with Gasteiger partial charge in [0, 0.05) is 28.9 Å². The van der Waals surface area contributed by atoms with Gasteiger partial charge >= 0.3 is 5.97 Å². The Balaban J connectivity index is 1.87. The molecule has 5 heteroatoms. The van der Waals surface area contributed by atoms with Gasteiger partial charge in [0.05, 0.1) is 17.9 Å². The number of carbonyl (C=O) groups excluding carboxylic acids is 1. The molecule has 0 aliphatic carbocycles. The van der Waals surface area contributed by atoms with Crippen molar-refractivity contribution in [3.8, 4) is 5.69 Å². The van der Waals surface area contributed by atoms with Crippen molar-refractivity contribution in [1.29, 1.82) is 0 Å². The molecule has 0 unspecified atom stereocenters. The van der Waals surface area contributed by atoms with E-state index >= 15 is 0 Å². The minimum absolute atomic E-state index is 0.279. The third-order valence-electron chi connectivity index (χ3n) is 4.29. The molecule has 0 saturated carbocycles. The molecule has 0 aliphatic rings. The van der Waals surface area contributed by atoms with Gasteiger partial charge in [0.15, 0.2) is 0 Å². The van der Waals surface area contributed by atoms with Crippen molar-refractivity contribution in [2.24, 2.45) is 4.99 Å². The van der Waals surface area contributed by atoms with Gasteiger partial charge in [0.25, 0.3) is 0 Å². The first-order valence-electron chi connectivity index (χ1n) is 8.75. The largest absolute Gasteiger partial charge is 0.462 e. The molecule has 0 saturated heterocycles. The van der Waals surface area contributed by atoms with Crippen molar-refractivity contribution in [2.45, 2.75) is 20.8 Å². The maximum atomic E-state index is 13.0. The van der Waals surface area contributed by atoms with Gasteiger partial charge < -0.3 is 9.30 Å². The minimum atomic E-state index is -0.322. The van der Waals surface area contributed by atoms with Crippen LogP contribution in [-0.4, -0.2) is 23.4 Å². The second-order valence-corrected chi connectivity index (χ2v) is 6.16. The van der Waals surface area contributed by atoms with Crippen molar-refractivity contribution in [3.63, 3.8) is 0 Å². The standard InChI is InChI=1S/C22H21FN2O2/c1-4-27-22(26)17-5-11-21(12-6-17)25-15(2)13-18(16(25)3)14-24-20-9-7-19(23)8-10-20/h5-14H,4H2,1-3H3. The number of ether oxygens (including phenoxy) is 1. The summed E-state index contributed by atoms with van der Waals surface area (Å²) in [6.45, 7) is 6.17. The van der Waals surface area contributed by atoms with Crippen LogP contribution < -0.4 is 0 Å². The third kappa shape index (κ3) is 4.14. The number of nitrogens with zero attached hydrogens (tertiary/aromatic N) is 2. The molecule has 138 valence electrons. The topological polar surface area (TPSA) is 43.6 Å². The summed E-state index contributed by atoms with van der Waals surface area (Å²) in [6.07, 6.45) is 1.78. The van der Waals surface area contributed by atoms with Crippen molar-refractivity contribution >= 4 is 17.9 Å². The monoisotopic (exact) mass is 364 g/mol. The lowest BCUT2D eigenvalue weighted by Crippen LogP contribution is -2.05. The SMILES string of the molecule is CCOC(=O)c1ccc(-n2c(C)cc(C=Nc3ccc(F)cc3)c2C)cc1. The van der Waals surface area contributed by atoms with Crippen LogP contribution >= 0.6 is 0 Å². The number of esters is 1. The molecule has 3 aromatic rings. The number of rotatable bonds is 5. The molecule has 4 nitrogen and oxygen atoms in total. The van der Waals surface area contributed by atoms with E-state index in [2.05, 4.69) is 9.56 Å². The number of halogens is 1. The molecule has 0 atom stereocenters. The fourth-order valence-corrected chi connectivity index (χ4v) is 2.95. The average molecular weight is 364 g/mol. The minimum Gasteiger partial charge on any atom is -0.462 e. The zero-order chi connectivity index (χ0) is 19.4. The number of aliphatic imine (C=N–C) groups is 1. The molecule has 0 spiro atoms. The lowest BCUT2D eigenvalue weighted by atomic mass is 10.2. The highest BCUT2D eigenvalue weighted by molar-refractivity contribution is 5.89. The quantitative estimate of drug-likeness (QED) is 0.464. The van der Waals surface area contributed by atoms with Gasteiger partial charge in [-0.2, -0.15) is 0 Å². The number of hydrogen-bond donors (Lipinski definition) is 0. The Bertz CT molecular complexity index is 971. The van der Waals surface area contributed by atoms with Crippen LogP contribution in [0.2, 0.25) is 0 Å². The van der Waals surface area contributed by atoms with Crippen molar-refractivity contribution in [3.05, 3.63) is 82.9 Å². The molecule has 2 aromatic carbocycles. The summed E-state index contributed by atoms with van der Waals surface area (Å²) in [5.41, 5.74) is 5.24. The fraction of sp³-hybridized carbons (Fsp3) is 0.182. The van der Waals surface area contributed by atoms with Gasteiger partial charge in [-0.05, 0) is 75.4 Å². The number of aromatic nitrogens is 1. The van der Waals surface area contributed by atoms with E-state index in [1.807, 2.05) is 32.0 Å². The van der Waals surface area contributed by atoms with E-state index in [1.54, 1.807) is 37.4 Å². The van der Waals surface area contributed by atoms with Crippen LogP contribution in [0.3, 0.4) is 0 Å². The Morgan fingerprint density at radius 1 is 1.11 bits per heavy atom. The Kier molecular flexibility index (Phi) is 5.50. The first-order chi connectivity index (χ1) is 13.0. The van der Waals surface area contributed by atoms with E-state index in [1.165, 1.54) is 12.1 Å². The molecule has 0 aliphatic heterocycles. The molecule has 0 amide bonds. The lowest BCUT2D eigenvalue weighted by Gasteiger charge is -2.10. The van der Waals surface area contributed by atoms with E-state index in [-0.39, 0.29) is 11.8 Å². The van der Waals surface area contributed by atoms with Crippen LogP contribution in [0.1, 0.15) is 34.2 Å². The normalized spacial score (nSPS) is 11.1. The van der Waals surface area contributed by atoms with Crippen molar-refractivity contribution in [2.75, 3.05) is 6.61 Å². The van der Waals surface area contributed by atoms with Crippen LogP contribution in [0.25, 0.3) is 5.69 Å². The predicted molar refractivity (Wildman–Crippen MR) is 105 cm³/mol. The maximum absolute atomic E-state index is 13.0. The summed E-state index contributed by atoms with van der Waals surface area (Å²) in [5.74, 6) is -0.601. The zero-order valence-electron chi connectivity index (χ0n) is 15.6. The van der Waals surface area contributed by atoms with Crippen molar-refractivity contribution < 1.29 is 13.9 Å². The molecule has 0 N–H and O–H groups in total. The second kappa shape index (κ2) is 7.99. The van der Waals surface area contributed by atoms with Crippen LogP contribution in [0.4, 0.5) is 10.1 Å². The Labute approximate surface area is 157 Å². The molecular formula is C22H21FN2O2. The lowest BCUT2D eigenvalue weighted by molar-refractivity contribution is 0.0526. The number of hydrogen-bond acceptors (Lipinski definition) is 3. The molecule has 0 bridgehead atoms. The molecule has 0 radical (unpaired) electrons. The highest BCUT2D eigenvalue weighted by atomic mass is 19.1. The Hall–Kier alpha value is -3.21. The Morgan fingerprint density at radius 3 is 2.41 bits per heavy atom. The van der Waals surface area contributed by atoms with Gasteiger partial charge in [0.2, 0.25) is 0 Å². The molecule has 3 rings (SSSR count). The summed E-state index contributed by atoms with van der Waals surface area (Å²) in [7, 11) is 0. The predicted octanol–water partition coefficient (Wildman–Crippen LogP) is 5.16. The Morgan fingerprint density at radius 2 is 1.78 bits per heavy atom. The van der Waals surface area contributed by atoms with Gasteiger partial charge in [0.1, 0.15) is 5.82 Å². The summed E-state index contributed by atoms with van der Waals surface area (Å²) in [6, 6.07) is 15.4. The van der Waals surface area contributed by atoms with Gasteiger partial charge in [-0.1, -0.05) is 0 Å². The number of carbonyl (C=O) groups is 1. The van der Waals surface area contributed by atoms with Gasteiger partial charge in [-0.3, -0.25) is 4.99 Å². The maximum Gasteiger partial charge on any atom is 0.338 e. The van der Waals surface area contributed by atoms with E-state index in [4.69, 9.17) is 4.74 Å². The molecule has 0 fully saturated rings. The van der Waals surface area contributed by atoms with Crippen LogP contribution in [0, 0.1) is 19.7 Å². The first-order valence-corrected chi connectivity index (χ1v) is 8.75. The van der Waals surface area contributed by atoms with E-state index < -0.39 is 0 Å². The van der Waals surface area contributed by atoms with Crippen molar-refractivity contribution in [1.82, 2.24) is 4.57 Å². The molecule has 1 aromatic heterocycles. The molecule has 1 heterocycles. The van der Waals surface area contributed by atoms with Crippen LogP contribution in [-0.2, 0) is 4.74 Å². The highest BCUT2D eigenvalue weighted by Gasteiger charge is 2.11. The average Bonchev–Trinajstić information content (AvgIpc) is 2.95. The summed E-state index contributed by atoms with van der Waals surface area (Å²) in [4.78, 5) is 16.2. The van der Waals surface area contributed by atoms with E-state index in [0.29, 0.717) is 17.9 Å². The van der Waals surface area contributed by atoms with Gasteiger partial charge in [-0.25, -0.2) is 9.18 Å².